The highest BCUT2D eigenvalue weighted by atomic mass is 16.5. The molecule has 37 heavy (non-hydrogen) atoms. The van der Waals surface area contributed by atoms with E-state index < -0.39 is 17.7 Å². The topological polar surface area (TPSA) is 116 Å². The van der Waals surface area contributed by atoms with E-state index in [4.69, 9.17) is 4.74 Å². The smallest absolute Gasteiger partial charge is 0.302 e. The Labute approximate surface area is 213 Å². The van der Waals surface area contributed by atoms with Crippen LogP contribution in [0.1, 0.15) is 49.4 Å². The molecule has 1 amide bonds. The number of H-pyrrole nitrogens is 1. The number of rotatable bonds is 6. The molecule has 4 aromatic rings. The fourth-order valence-corrected chi connectivity index (χ4v) is 4.70. The molecule has 0 saturated carbocycles. The Balaban J connectivity index is 1.72. The van der Waals surface area contributed by atoms with Crippen molar-refractivity contribution in [2.45, 2.75) is 32.7 Å². The highest BCUT2D eigenvalue weighted by Crippen LogP contribution is 2.43. The van der Waals surface area contributed by atoms with Gasteiger partial charge in [-0.2, -0.15) is 0 Å². The zero-order valence-corrected chi connectivity index (χ0v) is 20.7. The van der Waals surface area contributed by atoms with Crippen LogP contribution in [0.15, 0.2) is 72.3 Å². The predicted molar refractivity (Wildman–Crippen MR) is 141 cm³/mol. The predicted octanol–water partition coefficient (Wildman–Crippen LogP) is 5.42. The number of ether oxygens (including phenoxy) is 1. The molecule has 1 atom stereocenters. The van der Waals surface area contributed by atoms with Gasteiger partial charge in [0.2, 0.25) is 5.95 Å². The summed E-state index contributed by atoms with van der Waals surface area (Å²) in [6.45, 7) is 6.40. The molecule has 5 rings (SSSR count). The fraction of sp³-hybridized carbons (Fsp3) is 0.207. The zero-order chi connectivity index (χ0) is 26.3. The second kappa shape index (κ2) is 9.46. The van der Waals surface area contributed by atoms with E-state index in [0.717, 1.165) is 5.56 Å². The van der Waals surface area contributed by atoms with Crippen LogP contribution in [0, 0.1) is 0 Å². The first kappa shape index (κ1) is 24.1. The van der Waals surface area contributed by atoms with Crippen molar-refractivity contribution in [3.05, 3.63) is 89.0 Å². The minimum Gasteiger partial charge on any atom is -0.508 e. The maximum absolute atomic E-state index is 13.4. The van der Waals surface area contributed by atoms with Gasteiger partial charge in [-0.25, -0.2) is 4.98 Å². The van der Waals surface area contributed by atoms with Crippen LogP contribution in [0.5, 0.6) is 11.5 Å². The number of carbonyl (C=O) groups is 2. The number of phenols is 1. The number of imidazole rings is 1. The van der Waals surface area contributed by atoms with Crippen molar-refractivity contribution in [1.82, 2.24) is 9.97 Å². The van der Waals surface area contributed by atoms with E-state index >= 15 is 0 Å². The molecule has 188 valence electrons. The summed E-state index contributed by atoms with van der Waals surface area (Å²) in [6.07, 6.45) is 0. The molecule has 3 aromatic carbocycles. The SMILES string of the molecule is CCOc1ccc(/C(O)=C2\C(=O)C(=O)N(c3nc4ccccc4[nH]3)C2c2cccc(O)c2)cc1C(C)C. The summed E-state index contributed by atoms with van der Waals surface area (Å²) in [5.74, 6) is -1.05. The van der Waals surface area contributed by atoms with E-state index in [1.54, 1.807) is 36.4 Å². The van der Waals surface area contributed by atoms with E-state index in [2.05, 4.69) is 9.97 Å². The lowest BCUT2D eigenvalue weighted by molar-refractivity contribution is -0.132. The van der Waals surface area contributed by atoms with Gasteiger partial charge in [0.25, 0.3) is 5.78 Å². The van der Waals surface area contributed by atoms with E-state index in [1.165, 1.54) is 17.0 Å². The van der Waals surface area contributed by atoms with Gasteiger partial charge < -0.3 is 19.9 Å². The number of Topliss-reactive ketones (excluding diaryl/α,β-unsaturated/α-hetero) is 1. The van der Waals surface area contributed by atoms with Gasteiger partial charge in [-0.15, -0.1) is 0 Å². The average Bonchev–Trinajstić information content (AvgIpc) is 3.42. The van der Waals surface area contributed by atoms with Crippen LogP contribution >= 0.6 is 0 Å². The number of nitrogens with zero attached hydrogens (tertiary/aromatic N) is 2. The second-order valence-corrected chi connectivity index (χ2v) is 9.18. The Morgan fingerprint density at radius 1 is 1.08 bits per heavy atom. The number of hydrogen-bond acceptors (Lipinski definition) is 6. The van der Waals surface area contributed by atoms with E-state index in [0.29, 0.717) is 34.5 Å². The summed E-state index contributed by atoms with van der Waals surface area (Å²) in [5.41, 5.74) is 2.95. The second-order valence-electron chi connectivity index (χ2n) is 9.18. The standard InChI is InChI=1S/C29H27N3O5/c1-4-37-23-13-12-18(15-20(23)16(2)3)26(34)24-25(17-8-7-9-19(33)14-17)32(28(36)27(24)35)29-30-21-10-5-6-11-22(21)31-29/h5-16,25,33-34H,4H2,1-3H3,(H,30,31)/b26-24+. The van der Waals surface area contributed by atoms with Gasteiger partial charge in [0.1, 0.15) is 17.3 Å². The summed E-state index contributed by atoms with van der Waals surface area (Å²) >= 11 is 0. The first-order chi connectivity index (χ1) is 17.8. The van der Waals surface area contributed by atoms with E-state index in [9.17, 15) is 19.8 Å². The Morgan fingerprint density at radius 3 is 2.57 bits per heavy atom. The van der Waals surface area contributed by atoms with Crippen LogP contribution in [0.3, 0.4) is 0 Å². The molecule has 1 fully saturated rings. The Bertz CT molecular complexity index is 1520. The Morgan fingerprint density at radius 2 is 1.86 bits per heavy atom. The first-order valence-corrected chi connectivity index (χ1v) is 12.1. The average molecular weight is 498 g/mol. The number of benzene rings is 3. The lowest BCUT2D eigenvalue weighted by Gasteiger charge is -2.23. The van der Waals surface area contributed by atoms with Crippen LogP contribution in [-0.4, -0.2) is 38.5 Å². The van der Waals surface area contributed by atoms with Gasteiger partial charge in [-0.1, -0.05) is 38.1 Å². The third-order valence-electron chi connectivity index (χ3n) is 6.44. The third-order valence-corrected chi connectivity index (χ3v) is 6.44. The molecule has 1 aliphatic rings. The number of hydrogen-bond donors (Lipinski definition) is 3. The van der Waals surface area contributed by atoms with Crippen molar-refractivity contribution in [3.63, 3.8) is 0 Å². The summed E-state index contributed by atoms with van der Waals surface area (Å²) < 4.78 is 5.74. The molecule has 1 aromatic heterocycles. The van der Waals surface area contributed by atoms with Gasteiger partial charge in [-0.3, -0.25) is 14.5 Å². The zero-order valence-electron chi connectivity index (χ0n) is 20.7. The number of anilines is 1. The van der Waals surface area contributed by atoms with Crippen molar-refractivity contribution in [3.8, 4) is 11.5 Å². The van der Waals surface area contributed by atoms with Gasteiger partial charge in [-0.05, 0) is 66.4 Å². The molecule has 0 spiro atoms. The van der Waals surface area contributed by atoms with Crippen molar-refractivity contribution < 1.29 is 24.5 Å². The molecule has 1 aliphatic heterocycles. The number of aromatic hydroxyl groups is 1. The summed E-state index contributed by atoms with van der Waals surface area (Å²) in [4.78, 5) is 35.7. The highest BCUT2D eigenvalue weighted by Gasteiger charge is 2.48. The van der Waals surface area contributed by atoms with Crippen molar-refractivity contribution in [2.75, 3.05) is 11.5 Å². The monoisotopic (exact) mass is 497 g/mol. The van der Waals surface area contributed by atoms with Crippen molar-refractivity contribution >= 4 is 34.4 Å². The molecule has 0 bridgehead atoms. The highest BCUT2D eigenvalue weighted by molar-refractivity contribution is 6.51. The summed E-state index contributed by atoms with van der Waals surface area (Å²) in [5, 5.41) is 21.7. The lowest BCUT2D eigenvalue weighted by atomic mass is 9.93. The van der Waals surface area contributed by atoms with Crippen LogP contribution in [-0.2, 0) is 9.59 Å². The number of aliphatic hydroxyl groups is 1. The number of nitrogens with one attached hydrogen (secondary N) is 1. The normalized spacial score (nSPS) is 17.2. The van der Waals surface area contributed by atoms with Crippen LogP contribution in [0.2, 0.25) is 0 Å². The molecule has 8 heteroatoms. The molecular formula is C29H27N3O5. The molecule has 0 aliphatic carbocycles. The van der Waals surface area contributed by atoms with Crippen LogP contribution in [0.4, 0.5) is 5.95 Å². The number of amides is 1. The maximum Gasteiger partial charge on any atom is 0.302 e. The van der Waals surface area contributed by atoms with Gasteiger partial charge in [0.05, 0.1) is 29.3 Å². The largest absolute Gasteiger partial charge is 0.508 e. The van der Waals surface area contributed by atoms with Crippen molar-refractivity contribution in [1.29, 1.82) is 0 Å². The number of phenolic OH excluding ortho intramolecular Hbond substituents is 1. The number of carbonyl (C=O) groups excluding carboxylic acids is 2. The summed E-state index contributed by atoms with van der Waals surface area (Å²) in [6, 6.07) is 17.7. The van der Waals surface area contributed by atoms with Crippen molar-refractivity contribution in [2.24, 2.45) is 0 Å². The molecule has 0 radical (unpaired) electrons. The molecule has 3 N–H and O–H groups in total. The molecular weight excluding hydrogens is 470 g/mol. The lowest BCUT2D eigenvalue weighted by Crippen LogP contribution is -2.30. The Kier molecular flexibility index (Phi) is 6.17. The first-order valence-electron chi connectivity index (χ1n) is 12.1. The van der Waals surface area contributed by atoms with E-state index in [-0.39, 0.29) is 28.9 Å². The number of para-hydroxylation sites is 2. The van der Waals surface area contributed by atoms with Crippen LogP contribution in [0.25, 0.3) is 16.8 Å². The quantitative estimate of drug-likeness (QED) is 0.186. The summed E-state index contributed by atoms with van der Waals surface area (Å²) in [7, 11) is 0. The minimum atomic E-state index is -1.01. The number of ketones is 1. The van der Waals surface area contributed by atoms with Gasteiger partial charge >= 0.3 is 5.91 Å². The number of aromatic nitrogens is 2. The van der Waals surface area contributed by atoms with Gasteiger partial charge in [0, 0.05) is 5.56 Å². The minimum absolute atomic E-state index is 0.0316. The molecule has 1 unspecified atom stereocenters. The number of aromatic amines is 1. The number of aliphatic hydroxyl groups excluding tert-OH is 1. The number of fused-ring (bicyclic) bond motifs is 1. The molecule has 8 nitrogen and oxygen atoms in total. The Hall–Kier alpha value is -4.59. The molecule has 1 saturated heterocycles. The molecule has 2 heterocycles. The van der Waals surface area contributed by atoms with E-state index in [1.807, 2.05) is 39.0 Å². The van der Waals surface area contributed by atoms with Gasteiger partial charge in [0.15, 0.2) is 0 Å². The third kappa shape index (κ3) is 4.20. The fourth-order valence-electron chi connectivity index (χ4n) is 4.70. The maximum atomic E-state index is 13.4. The van der Waals surface area contributed by atoms with Crippen LogP contribution < -0.4 is 9.64 Å².